The van der Waals surface area contributed by atoms with Crippen LogP contribution in [0, 0.1) is 0 Å². The number of anilines is 2. The molecular weight excluding hydrogens is 244 g/mol. The molecular formula is C18H26N2. The van der Waals surface area contributed by atoms with Gasteiger partial charge in [0.2, 0.25) is 0 Å². The first-order valence-corrected chi connectivity index (χ1v) is 7.40. The molecule has 0 spiro atoms. The molecule has 0 aliphatic heterocycles. The number of hydrogen-bond donors (Lipinski definition) is 2. The monoisotopic (exact) mass is 270 g/mol. The fourth-order valence-electron chi connectivity index (χ4n) is 1.95. The minimum Gasteiger partial charge on any atom is -0.397 e. The maximum atomic E-state index is 5.89. The van der Waals surface area contributed by atoms with Crippen molar-refractivity contribution < 1.29 is 0 Å². The van der Waals surface area contributed by atoms with Crippen LogP contribution in [0.25, 0.3) is 11.1 Å². The number of benzene rings is 2. The van der Waals surface area contributed by atoms with Crippen LogP contribution >= 0.6 is 0 Å². The summed E-state index contributed by atoms with van der Waals surface area (Å²) in [6.45, 7) is 4.46. The van der Waals surface area contributed by atoms with Gasteiger partial charge in [0.15, 0.2) is 0 Å². The molecule has 0 saturated heterocycles. The van der Waals surface area contributed by atoms with Crippen molar-refractivity contribution in [1.29, 1.82) is 0 Å². The summed E-state index contributed by atoms with van der Waals surface area (Å²) in [5, 5.41) is 0. The molecule has 2 rings (SSSR count). The Labute approximate surface area is 122 Å². The molecule has 0 saturated carbocycles. The minimum atomic E-state index is 0.631. The van der Waals surface area contributed by atoms with E-state index in [4.69, 9.17) is 11.5 Å². The van der Waals surface area contributed by atoms with Crippen LogP contribution in [0.2, 0.25) is 0 Å². The van der Waals surface area contributed by atoms with Crippen LogP contribution in [0.4, 0.5) is 11.4 Å². The second-order valence-corrected chi connectivity index (χ2v) is 4.88. The lowest BCUT2D eigenvalue weighted by molar-refractivity contribution is 0.702. The van der Waals surface area contributed by atoms with Gasteiger partial charge in [-0.2, -0.15) is 0 Å². The molecule has 0 fully saturated rings. The molecule has 0 radical (unpaired) electrons. The first-order chi connectivity index (χ1) is 9.70. The minimum absolute atomic E-state index is 0.631. The first kappa shape index (κ1) is 16.1. The molecule has 2 aromatic carbocycles. The Bertz CT molecular complexity index is 488. The molecule has 0 atom stereocenters. The average molecular weight is 270 g/mol. The Morgan fingerprint density at radius 1 is 0.750 bits per heavy atom. The Morgan fingerprint density at radius 2 is 1.35 bits per heavy atom. The van der Waals surface area contributed by atoms with Crippen LogP contribution in [0.1, 0.15) is 39.5 Å². The van der Waals surface area contributed by atoms with E-state index in [0.29, 0.717) is 11.4 Å². The smallest absolute Gasteiger partial charge is 0.0627 e. The molecule has 0 aromatic heterocycles. The van der Waals surface area contributed by atoms with E-state index in [0.717, 1.165) is 11.1 Å². The van der Waals surface area contributed by atoms with Gasteiger partial charge in [-0.25, -0.2) is 0 Å². The van der Waals surface area contributed by atoms with Crippen molar-refractivity contribution in [3.8, 4) is 11.1 Å². The van der Waals surface area contributed by atoms with Gasteiger partial charge in [0.1, 0.15) is 0 Å². The number of hydrogen-bond acceptors (Lipinski definition) is 2. The van der Waals surface area contributed by atoms with Crippen LogP contribution in [-0.4, -0.2) is 0 Å². The van der Waals surface area contributed by atoms with Crippen LogP contribution in [0.3, 0.4) is 0 Å². The zero-order valence-electron chi connectivity index (χ0n) is 12.6. The summed E-state index contributed by atoms with van der Waals surface area (Å²) in [5.41, 5.74) is 15.0. The highest BCUT2D eigenvalue weighted by atomic mass is 14.7. The Morgan fingerprint density at radius 3 is 1.90 bits per heavy atom. The standard InChI is InChI=1S/C12H12N2.C6H14/c13-11-8-4-7-10(12(11)14)9-5-2-1-3-6-9;1-3-5-6-4-2/h1-8H,13-14H2;3-6H2,1-2H3. The molecule has 0 aliphatic rings. The van der Waals surface area contributed by atoms with E-state index in [1.165, 1.54) is 25.7 Å². The largest absolute Gasteiger partial charge is 0.397 e. The second kappa shape index (κ2) is 9.03. The highest BCUT2D eigenvalue weighted by molar-refractivity contribution is 5.84. The number of unbranched alkanes of at least 4 members (excludes halogenated alkanes) is 3. The van der Waals surface area contributed by atoms with Crippen LogP contribution in [-0.2, 0) is 0 Å². The number of rotatable bonds is 4. The molecule has 2 heteroatoms. The van der Waals surface area contributed by atoms with Gasteiger partial charge in [-0.05, 0) is 11.6 Å². The lowest BCUT2D eigenvalue weighted by Crippen LogP contribution is -1.96. The maximum absolute atomic E-state index is 5.89. The molecule has 0 bridgehead atoms. The van der Waals surface area contributed by atoms with Crippen molar-refractivity contribution in [3.63, 3.8) is 0 Å². The van der Waals surface area contributed by atoms with E-state index in [1.807, 2.05) is 48.5 Å². The summed E-state index contributed by atoms with van der Waals surface area (Å²) in [4.78, 5) is 0. The van der Waals surface area contributed by atoms with Crippen LogP contribution in [0.5, 0.6) is 0 Å². The third-order valence-electron chi connectivity index (χ3n) is 3.18. The highest BCUT2D eigenvalue weighted by Crippen LogP contribution is 2.29. The topological polar surface area (TPSA) is 52.0 Å². The second-order valence-electron chi connectivity index (χ2n) is 4.88. The van der Waals surface area contributed by atoms with Gasteiger partial charge in [0.05, 0.1) is 11.4 Å². The van der Waals surface area contributed by atoms with E-state index in [2.05, 4.69) is 13.8 Å². The van der Waals surface area contributed by atoms with Gasteiger partial charge in [-0.3, -0.25) is 0 Å². The number of nitrogens with two attached hydrogens (primary N) is 2. The number of para-hydroxylation sites is 1. The van der Waals surface area contributed by atoms with Gasteiger partial charge < -0.3 is 11.5 Å². The number of nitrogen functional groups attached to an aromatic ring is 2. The summed E-state index contributed by atoms with van der Waals surface area (Å²) in [6, 6.07) is 15.7. The third kappa shape index (κ3) is 4.96. The van der Waals surface area contributed by atoms with Gasteiger partial charge in [0, 0.05) is 5.56 Å². The fraction of sp³-hybridized carbons (Fsp3) is 0.333. The zero-order chi connectivity index (χ0) is 14.8. The molecule has 0 amide bonds. The fourth-order valence-corrected chi connectivity index (χ4v) is 1.95. The lowest BCUT2D eigenvalue weighted by Gasteiger charge is -2.07. The summed E-state index contributed by atoms with van der Waals surface area (Å²) >= 11 is 0. The summed E-state index contributed by atoms with van der Waals surface area (Å²) in [5.74, 6) is 0. The van der Waals surface area contributed by atoms with E-state index < -0.39 is 0 Å². The molecule has 0 heterocycles. The van der Waals surface area contributed by atoms with Gasteiger partial charge in [0.25, 0.3) is 0 Å². The van der Waals surface area contributed by atoms with E-state index in [1.54, 1.807) is 0 Å². The van der Waals surface area contributed by atoms with Crippen LogP contribution in [0.15, 0.2) is 48.5 Å². The highest BCUT2D eigenvalue weighted by Gasteiger charge is 2.03. The van der Waals surface area contributed by atoms with Gasteiger partial charge >= 0.3 is 0 Å². The van der Waals surface area contributed by atoms with Crippen molar-refractivity contribution in [3.05, 3.63) is 48.5 Å². The SMILES string of the molecule is CCCCCC.Nc1cccc(-c2ccccc2)c1N. The predicted octanol–water partition coefficient (Wildman–Crippen LogP) is 5.10. The van der Waals surface area contributed by atoms with E-state index >= 15 is 0 Å². The Hall–Kier alpha value is -1.96. The first-order valence-electron chi connectivity index (χ1n) is 7.40. The summed E-state index contributed by atoms with van der Waals surface area (Å²) in [6.07, 6.45) is 5.54. The summed E-state index contributed by atoms with van der Waals surface area (Å²) in [7, 11) is 0. The lowest BCUT2D eigenvalue weighted by atomic mass is 10.0. The Balaban J connectivity index is 0.000000286. The van der Waals surface area contributed by atoms with Crippen molar-refractivity contribution >= 4 is 11.4 Å². The van der Waals surface area contributed by atoms with Gasteiger partial charge in [-0.15, -0.1) is 0 Å². The van der Waals surface area contributed by atoms with Crippen molar-refractivity contribution in [2.45, 2.75) is 39.5 Å². The van der Waals surface area contributed by atoms with E-state index in [9.17, 15) is 0 Å². The molecule has 4 N–H and O–H groups in total. The normalized spacial score (nSPS) is 9.70. The molecule has 20 heavy (non-hydrogen) atoms. The molecule has 0 unspecified atom stereocenters. The van der Waals surface area contributed by atoms with E-state index in [-0.39, 0.29) is 0 Å². The maximum Gasteiger partial charge on any atom is 0.0627 e. The third-order valence-corrected chi connectivity index (χ3v) is 3.18. The molecule has 0 aliphatic carbocycles. The van der Waals surface area contributed by atoms with Crippen molar-refractivity contribution in [2.75, 3.05) is 11.5 Å². The molecule has 2 aromatic rings. The molecule has 2 nitrogen and oxygen atoms in total. The predicted molar refractivity (Wildman–Crippen MR) is 90.5 cm³/mol. The average Bonchev–Trinajstić information content (AvgIpc) is 2.49. The van der Waals surface area contributed by atoms with Gasteiger partial charge in [-0.1, -0.05) is 82.0 Å². The van der Waals surface area contributed by atoms with Crippen molar-refractivity contribution in [2.24, 2.45) is 0 Å². The molecule has 108 valence electrons. The van der Waals surface area contributed by atoms with Crippen molar-refractivity contribution in [1.82, 2.24) is 0 Å². The zero-order valence-corrected chi connectivity index (χ0v) is 12.6. The Kier molecular flexibility index (Phi) is 7.26. The van der Waals surface area contributed by atoms with Crippen LogP contribution < -0.4 is 11.5 Å². The quantitative estimate of drug-likeness (QED) is 0.599. The summed E-state index contributed by atoms with van der Waals surface area (Å²) < 4.78 is 0.